The highest BCUT2D eigenvalue weighted by Gasteiger charge is 2.50. The van der Waals surface area contributed by atoms with Crippen LogP contribution in [0.25, 0.3) is 0 Å². The molecule has 0 aliphatic carbocycles. The number of hydrogen-bond acceptors (Lipinski definition) is 8. The van der Waals surface area contributed by atoms with Crippen LogP contribution in [0.1, 0.15) is 41.4 Å². The Kier molecular flexibility index (Phi) is 6.69. The zero-order chi connectivity index (χ0) is 25.5. The van der Waals surface area contributed by atoms with Crippen LogP contribution in [0.2, 0.25) is 0 Å². The van der Waals surface area contributed by atoms with Gasteiger partial charge in [0.1, 0.15) is 16.7 Å². The number of rotatable bonds is 4. The number of carbonyl (C=O) groups excluding carboxylic acids is 1. The number of fused-ring (bicyclic) bond motifs is 1. The van der Waals surface area contributed by atoms with E-state index in [2.05, 4.69) is 0 Å². The molecule has 0 saturated carbocycles. The summed E-state index contributed by atoms with van der Waals surface area (Å²) in [6, 6.07) is 3.01. The Labute approximate surface area is 204 Å². The predicted octanol–water partition coefficient (Wildman–Crippen LogP) is 2.66. The first-order chi connectivity index (χ1) is 16.6. The van der Waals surface area contributed by atoms with Crippen molar-refractivity contribution in [2.24, 2.45) is 0 Å². The molecule has 12 heteroatoms. The summed E-state index contributed by atoms with van der Waals surface area (Å²) in [5.74, 6) is -2.85. The number of nitrogens with one attached hydrogen (secondary N) is 2. The predicted molar refractivity (Wildman–Crippen MR) is 128 cm³/mol. The van der Waals surface area contributed by atoms with Crippen molar-refractivity contribution in [1.29, 1.82) is 10.8 Å². The van der Waals surface area contributed by atoms with Crippen LogP contribution in [0.15, 0.2) is 29.2 Å². The molecule has 4 rings (SSSR count). The lowest BCUT2D eigenvalue weighted by Crippen LogP contribution is -2.72. The van der Waals surface area contributed by atoms with Gasteiger partial charge in [-0.25, -0.2) is 8.78 Å². The van der Waals surface area contributed by atoms with Gasteiger partial charge in [-0.3, -0.25) is 30.1 Å². The Bertz CT molecular complexity index is 1280. The molecule has 0 bridgehead atoms. The lowest BCUT2D eigenvalue weighted by atomic mass is 9.97. The lowest BCUT2D eigenvalue weighted by molar-refractivity contribution is -0.0537. The van der Waals surface area contributed by atoms with Gasteiger partial charge < -0.3 is 14.7 Å². The maximum absolute atomic E-state index is 14.0. The van der Waals surface area contributed by atoms with Crippen LogP contribution in [0.4, 0.5) is 8.78 Å². The Morgan fingerprint density at radius 1 is 1.29 bits per heavy atom. The molecule has 0 radical (unpaired) electrons. The van der Waals surface area contributed by atoms with E-state index < -0.39 is 34.4 Å². The first-order valence-electron chi connectivity index (χ1n) is 11.0. The molecule has 1 spiro atoms. The maximum Gasteiger partial charge on any atom is 0.278 e. The Morgan fingerprint density at radius 3 is 2.66 bits per heavy atom. The summed E-state index contributed by atoms with van der Waals surface area (Å²) in [5, 5.41) is 28.5. The number of ether oxygens (including phenoxy) is 1. The quantitative estimate of drug-likeness (QED) is 0.434. The molecule has 2 aliphatic heterocycles. The molecule has 3 N–H and O–H groups in total. The summed E-state index contributed by atoms with van der Waals surface area (Å²) in [7, 11) is 1.72. The molecular weight excluding hydrogens is 480 g/mol. The zero-order valence-electron chi connectivity index (χ0n) is 19.2. The molecular formula is C23H25F2N5O4S. The molecule has 1 saturated heterocycles. The minimum atomic E-state index is -0.914. The molecule has 1 fully saturated rings. The van der Waals surface area contributed by atoms with Crippen LogP contribution in [0.5, 0.6) is 5.75 Å². The molecule has 186 valence electrons. The number of halogens is 2. The number of hydrogen-bond donors (Lipinski definition) is 3. The van der Waals surface area contributed by atoms with Crippen molar-refractivity contribution in [3.05, 3.63) is 63.1 Å². The van der Waals surface area contributed by atoms with Gasteiger partial charge in [0.05, 0.1) is 17.2 Å². The average molecular weight is 506 g/mol. The number of carbonyl (C=O) groups is 1. The number of pyridine rings is 1. The summed E-state index contributed by atoms with van der Waals surface area (Å²) < 4.78 is 34.1. The number of amides is 1. The standard InChI is InChI=1S/C23H25F2N5O4S/c1-3-29-22(33)18-20(32)19(31)15(11-30(18)28(2)23(29)7-4-8-34-12-23)21(27)35-17(26)9-13-5-6-14(24)10-16(13)25/h5-6,10-11,26-27,32H,3-4,7-9,12H2,1-2H3. The highest BCUT2D eigenvalue weighted by Crippen LogP contribution is 2.35. The van der Waals surface area contributed by atoms with Gasteiger partial charge in [-0.1, -0.05) is 17.8 Å². The molecule has 1 unspecified atom stereocenters. The van der Waals surface area contributed by atoms with Crippen molar-refractivity contribution in [3.8, 4) is 5.75 Å². The van der Waals surface area contributed by atoms with Gasteiger partial charge in [-0.2, -0.15) is 0 Å². The van der Waals surface area contributed by atoms with E-state index in [1.165, 1.54) is 16.9 Å². The Morgan fingerprint density at radius 2 is 2.03 bits per heavy atom. The van der Waals surface area contributed by atoms with Crippen LogP contribution < -0.4 is 10.4 Å². The van der Waals surface area contributed by atoms with E-state index >= 15 is 0 Å². The van der Waals surface area contributed by atoms with Crippen LogP contribution in [-0.4, -0.2) is 63.1 Å². The topological polar surface area (TPSA) is 123 Å². The van der Waals surface area contributed by atoms with Gasteiger partial charge in [0.2, 0.25) is 5.43 Å². The van der Waals surface area contributed by atoms with E-state index in [0.717, 1.165) is 6.07 Å². The van der Waals surface area contributed by atoms with E-state index in [1.807, 2.05) is 6.92 Å². The fraction of sp³-hybridized carbons (Fsp3) is 0.391. The largest absolute Gasteiger partial charge is 0.502 e. The third-order valence-electron chi connectivity index (χ3n) is 6.39. The van der Waals surface area contributed by atoms with Crippen molar-refractivity contribution in [2.75, 3.05) is 31.8 Å². The van der Waals surface area contributed by atoms with Gasteiger partial charge in [-0.15, -0.1) is 0 Å². The van der Waals surface area contributed by atoms with E-state index in [9.17, 15) is 23.5 Å². The lowest BCUT2D eigenvalue weighted by Gasteiger charge is -2.55. The normalized spacial score (nSPS) is 19.7. The number of nitrogens with zero attached hydrogens (tertiary/aromatic N) is 3. The molecule has 35 heavy (non-hydrogen) atoms. The minimum Gasteiger partial charge on any atom is -0.502 e. The zero-order valence-corrected chi connectivity index (χ0v) is 20.0. The SMILES string of the molecule is CCN1C(=O)c2c(O)c(=O)c(C(=N)SC(=N)Cc3ccc(F)cc3F)cn2N(C)C12CCCOC2. The molecule has 1 aromatic heterocycles. The fourth-order valence-corrected chi connectivity index (χ4v) is 5.33. The van der Waals surface area contributed by atoms with Gasteiger partial charge in [-0.05, 0) is 31.4 Å². The second kappa shape index (κ2) is 9.42. The number of aromatic hydroxyl groups is 1. The van der Waals surface area contributed by atoms with Gasteiger partial charge in [0, 0.05) is 38.9 Å². The van der Waals surface area contributed by atoms with Crippen LogP contribution >= 0.6 is 11.8 Å². The molecule has 1 amide bonds. The van der Waals surface area contributed by atoms with Crippen LogP contribution in [0, 0.1) is 22.5 Å². The first kappa shape index (κ1) is 24.9. The summed E-state index contributed by atoms with van der Waals surface area (Å²) in [4.78, 5) is 27.8. The summed E-state index contributed by atoms with van der Waals surface area (Å²) in [6.07, 6.45) is 2.43. The van der Waals surface area contributed by atoms with Gasteiger partial charge in [0.15, 0.2) is 17.1 Å². The summed E-state index contributed by atoms with van der Waals surface area (Å²) in [6.45, 7) is 2.95. The number of thioether (sulfide) groups is 1. The molecule has 1 aromatic carbocycles. The van der Waals surface area contributed by atoms with E-state index in [0.29, 0.717) is 43.8 Å². The Hall–Kier alpha value is -3.25. The molecule has 9 nitrogen and oxygen atoms in total. The first-order valence-corrected chi connectivity index (χ1v) is 11.8. The van der Waals surface area contributed by atoms with Crippen molar-refractivity contribution in [1.82, 2.24) is 9.58 Å². The third-order valence-corrected chi connectivity index (χ3v) is 7.21. The van der Waals surface area contributed by atoms with Gasteiger partial charge in [0.25, 0.3) is 5.91 Å². The summed E-state index contributed by atoms with van der Waals surface area (Å²) >= 11 is 0.611. The maximum atomic E-state index is 14.0. The Balaban J connectivity index is 1.67. The second-order valence-electron chi connectivity index (χ2n) is 8.39. The minimum absolute atomic E-state index is 0.0749. The fourth-order valence-electron chi connectivity index (χ4n) is 4.60. The van der Waals surface area contributed by atoms with Crippen molar-refractivity contribution in [3.63, 3.8) is 0 Å². The van der Waals surface area contributed by atoms with E-state index in [-0.39, 0.29) is 39.9 Å². The smallest absolute Gasteiger partial charge is 0.278 e. The third kappa shape index (κ3) is 4.20. The molecule has 2 aliphatic rings. The molecule has 3 heterocycles. The van der Waals surface area contributed by atoms with Crippen molar-refractivity contribution >= 4 is 27.8 Å². The van der Waals surface area contributed by atoms with E-state index in [4.69, 9.17) is 15.6 Å². The summed E-state index contributed by atoms with van der Waals surface area (Å²) in [5.41, 5.74) is -2.08. The average Bonchev–Trinajstić information content (AvgIpc) is 2.82. The monoisotopic (exact) mass is 505 g/mol. The number of aromatic nitrogens is 1. The van der Waals surface area contributed by atoms with Crippen LogP contribution in [0.3, 0.4) is 0 Å². The van der Waals surface area contributed by atoms with Gasteiger partial charge >= 0.3 is 0 Å². The number of benzene rings is 1. The van der Waals surface area contributed by atoms with Crippen molar-refractivity contribution < 1.29 is 23.4 Å². The van der Waals surface area contributed by atoms with Crippen molar-refractivity contribution in [2.45, 2.75) is 31.8 Å². The highest BCUT2D eigenvalue weighted by molar-refractivity contribution is 8.26. The number of likely N-dealkylation sites (N-methyl/N-ethyl adjacent to an activating group) is 2. The molecule has 2 aromatic rings. The second-order valence-corrected chi connectivity index (χ2v) is 9.50. The molecule has 1 atom stereocenters. The van der Waals surface area contributed by atoms with E-state index in [1.54, 1.807) is 17.0 Å². The van der Waals surface area contributed by atoms with Crippen LogP contribution in [-0.2, 0) is 11.2 Å². The highest BCUT2D eigenvalue weighted by atomic mass is 32.2.